The molecule has 0 aliphatic rings. The topological polar surface area (TPSA) is 53.1 Å². The Hall–Kier alpha value is -2.60. The average Bonchev–Trinajstić information content (AvgIpc) is 2.56. The van der Waals surface area contributed by atoms with Crippen molar-refractivity contribution in [3.63, 3.8) is 0 Å². The summed E-state index contributed by atoms with van der Waals surface area (Å²) in [6.45, 7) is 0. The van der Waals surface area contributed by atoms with Gasteiger partial charge in [-0.15, -0.1) is 0 Å². The molecule has 0 amide bonds. The lowest BCUT2D eigenvalue weighted by atomic mass is 10.2. The maximum absolute atomic E-state index is 4.49. The summed E-state index contributed by atoms with van der Waals surface area (Å²) in [6.07, 6.45) is 1.73. The molecule has 1 heterocycles. The van der Waals surface area contributed by atoms with E-state index in [0.717, 1.165) is 27.4 Å². The van der Waals surface area contributed by atoms with Gasteiger partial charge in [-0.2, -0.15) is 4.98 Å². The van der Waals surface area contributed by atoms with E-state index in [9.17, 15) is 0 Å². The molecule has 122 valence electrons. The lowest BCUT2D eigenvalue weighted by Gasteiger charge is -2.13. The Kier molecular flexibility index (Phi) is 4.96. The van der Waals surface area contributed by atoms with Crippen molar-refractivity contribution in [1.29, 1.82) is 0 Å². The highest BCUT2D eigenvalue weighted by atomic mass is 79.9. The fourth-order valence-corrected chi connectivity index (χ4v) is 2.57. The SMILES string of the molecule is CN(C)c1ccc(Nc2ccnc(Nc3cccc(Br)c3)n2)cc1. The zero-order chi connectivity index (χ0) is 16.9. The van der Waals surface area contributed by atoms with Crippen molar-refractivity contribution >= 4 is 44.8 Å². The van der Waals surface area contributed by atoms with Gasteiger partial charge in [-0.05, 0) is 48.5 Å². The van der Waals surface area contributed by atoms with Crippen LogP contribution in [0.2, 0.25) is 0 Å². The minimum Gasteiger partial charge on any atom is -0.378 e. The van der Waals surface area contributed by atoms with Crippen molar-refractivity contribution in [2.45, 2.75) is 0 Å². The van der Waals surface area contributed by atoms with Crippen LogP contribution in [0.3, 0.4) is 0 Å². The molecule has 0 radical (unpaired) electrons. The van der Waals surface area contributed by atoms with Gasteiger partial charge in [0, 0.05) is 41.8 Å². The predicted octanol–water partition coefficient (Wildman–Crippen LogP) is 4.79. The molecule has 0 aliphatic heterocycles. The molecule has 6 heteroatoms. The van der Waals surface area contributed by atoms with E-state index in [1.54, 1.807) is 6.20 Å². The lowest BCUT2D eigenvalue weighted by molar-refractivity contribution is 1.13. The van der Waals surface area contributed by atoms with Crippen LogP contribution in [0.15, 0.2) is 65.3 Å². The summed E-state index contributed by atoms with van der Waals surface area (Å²) in [7, 11) is 4.04. The number of anilines is 5. The van der Waals surface area contributed by atoms with Crippen LogP contribution < -0.4 is 15.5 Å². The van der Waals surface area contributed by atoms with Gasteiger partial charge >= 0.3 is 0 Å². The summed E-state index contributed by atoms with van der Waals surface area (Å²) in [5.41, 5.74) is 3.06. The molecule has 3 aromatic rings. The van der Waals surface area contributed by atoms with Crippen molar-refractivity contribution in [2.75, 3.05) is 29.6 Å². The van der Waals surface area contributed by atoms with Gasteiger partial charge in [-0.25, -0.2) is 4.98 Å². The van der Waals surface area contributed by atoms with Crippen molar-refractivity contribution in [1.82, 2.24) is 9.97 Å². The van der Waals surface area contributed by atoms with E-state index < -0.39 is 0 Å². The minimum atomic E-state index is 0.544. The molecule has 0 fully saturated rings. The molecular weight excluding hydrogens is 366 g/mol. The average molecular weight is 384 g/mol. The van der Waals surface area contributed by atoms with Gasteiger partial charge < -0.3 is 15.5 Å². The number of hydrogen-bond acceptors (Lipinski definition) is 5. The van der Waals surface area contributed by atoms with Crippen LogP contribution in [0, 0.1) is 0 Å². The highest BCUT2D eigenvalue weighted by molar-refractivity contribution is 9.10. The first-order valence-corrected chi connectivity index (χ1v) is 8.29. The molecule has 2 aromatic carbocycles. The number of hydrogen-bond donors (Lipinski definition) is 2. The van der Waals surface area contributed by atoms with E-state index in [1.807, 2.05) is 56.6 Å². The summed E-state index contributed by atoms with van der Waals surface area (Å²) >= 11 is 3.45. The fraction of sp³-hybridized carbons (Fsp3) is 0.111. The Balaban J connectivity index is 1.73. The van der Waals surface area contributed by atoms with E-state index in [-0.39, 0.29) is 0 Å². The zero-order valence-electron chi connectivity index (χ0n) is 13.5. The number of halogens is 1. The molecule has 0 spiro atoms. The van der Waals surface area contributed by atoms with Gasteiger partial charge in [0.25, 0.3) is 0 Å². The number of nitrogens with zero attached hydrogens (tertiary/aromatic N) is 3. The van der Waals surface area contributed by atoms with Gasteiger partial charge in [0.05, 0.1) is 0 Å². The number of rotatable bonds is 5. The first kappa shape index (κ1) is 16.3. The van der Waals surface area contributed by atoms with Gasteiger partial charge in [-0.1, -0.05) is 22.0 Å². The molecule has 0 bridgehead atoms. The molecule has 0 atom stereocenters. The third-order valence-corrected chi connectivity index (χ3v) is 3.89. The van der Waals surface area contributed by atoms with Crippen molar-refractivity contribution < 1.29 is 0 Å². The zero-order valence-corrected chi connectivity index (χ0v) is 15.1. The van der Waals surface area contributed by atoms with E-state index in [0.29, 0.717) is 5.95 Å². The molecule has 0 saturated heterocycles. The molecule has 0 unspecified atom stereocenters. The molecule has 3 rings (SSSR count). The molecular formula is C18H18BrN5. The standard InChI is InChI=1S/C18H18BrN5/c1-24(2)16-8-6-14(7-9-16)21-17-10-11-20-18(23-17)22-15-5-3-4-13(19)12-15/h3-12H,1-2H3,(H2,20,21,22,23). The molecule has 2 N–H and O–H groups in total. The number of nitrogens with one attached hydrogen (secondary N) is 2. The summed E-state index contributed by atoms with van der Waals surface area (Å²) in [6, 6.07) is 17.9. The Bertz CT molecular complexity index is 818. The number of aromatic nitrogens is 2. The third-order valence-electron chi connectivity index (χ3n) is 3.39. The normalized spacial score (nSPS) is 10.3. The Morgan fingerprint density at radius 3 is 2.42 bits per heavy atom. The van der Waals surface area contributed by atoms with Crippen LogP contribution in [0.25, 0.3) is 0 Å². The van der Waals surface area contributed by atoms with Crippen LogP contribution in [-0.2, 0) is 0 Å². The lowest BCUT2D eigenvalue weighted by Crippen LogP contribution is -2.08. The summed E-state index contributed by atoms with van der Waals surface area (Å²) < 4.78 is 1.00. The Labute approximate surface area is 149 Å². The van der Waals surface area contributed by atoms with Gasteiger partial charge in [-0.3, -0.25) is 0 Å². The van der Waals surface area contributed by atoms with Gasteiger partial charge in [0.15, 0.2) is 0 Å². The monoisotopic (exact) mass is 383 g/mol. The van der Waals surface area contributed by atoms with Gasteiger partial charge in [0.2, 0.25) is 5.95 Å². The number of benzene rings is 2. The van der Waals surface area contributed by atoms with Crippen molar-refractivity contribution in [2.24, 2.45) is 0 Å². The van der Waals surface area contributed by atoms with E-state index >= 15 is 0 Å². The summed E-state index contributed by atoms with van der Waals surface area (Å²) in [4.78, 5) is 10.8. The first-order valence-electron chi connectivity index (χ1n) is 7.50. The Morgan fingerprint density at radius 1 is 0.917 bits per heavy atom. The van der Waals surface area contributed by atoms with Crippen LogP contribution in [-0.4, -0.2) is 24.1 Å². The fourth-order valence-electron chi connectivity index (χ4n) is 2.17. The second-order valence-corrected chi connectivity index (χ2v) is 6.38. The quantitative estimate of drug-likeness (QED) is 0.662. The van der Waals surface area contributed by atoms with Crippen LogP contribution in [0.1, 0.15) is 0 Å². The van der Waals surface area contributed by atoms with Crippen LogP contribution in [0.4, 0.5) is 28.8 Å². The van der Waals surface area contributed by atoms with E-state index in [1.165, 1.54) is 0 Å². The second-order valence-electron chi connectivity index (χ2n) is 5.47. The van der Waals surface area contributed by atoms with Gasteiger partial charge in [0.1, 0.15) is 5.82 Å². The van der Waals surface area contributed by atoms with Crippen LogP contribution in [0.5, 0.6) is 0 Å². The maximum atomic E-state index is 4.49. The molecule has 0 aliphatic carbocycles. The van der Waals surface area contributed by atoms with E-state index in [4.69, 9.17) is 0 Å². The highest BCUT2D eigenvalue weighted by Gasteiger charge is 2.02. The molecule has 24 heavy (non-hydrogen) atoms. The molecule has 0 saturated carbocycles. The first-order chi connectivity index (χ1) is 11.6. The van der Waals surface area contributed by atoms with E-state index in [2.05, 4.69) is 53.6 Å². The second kappa shape index (κ2) is 7.31. The maximum Gasteiger partial charge on any atom is 0.229 e. The summed E-state index contributed by atoms with van der Waals surface area (Å²) in [5.74, 6) is 1.28. The molecule has 5 nitrogen and oxygen atoms in total. The van der Waals surface area contributed by atoms with Crippen molar-refractivity contribution in [3.05, 3.63) is 65.3 Å². The third kappa shape index (κ3) is 4.23. The van der Waals surface area contributed by atoms with Crippen molar-refractivity contribution in [3.8, 4) is 0 Å². The smallest absolute Gasteiger partial charge is 0.229 e. The summed E-state index contributed by atoms with van der Waals surface area (Å²) in [5, 5.41) is 6.48. The largest absolute Gasteiger partial charge is 0.378 e. The van der Waals surface area contributed by atoms with Crippen LogP contribution >= 0.6 is 15.9 Å². The highest BCUT2D eigenvalue weighted by Crippen LogP contribution is 2.21. The minimum absolute atomic E-state index is 0.544. The predicted molar refractivity (Wildman–Crippen MR) is 104 cm³/mol. The Morgan fingerprint density at radius 2 is 1.71 bits per heavy atom. The molecule has 1 aromatic heterocycles.